The summed E-state index contributed by atoms with van der Waals surface area (Å²) < 4.78 is 16.2. The number of nitrogens with zero attached hydrogens (tertiary/aromatic N) is 3. The summed E-state index contributed by atoms with van der Waals surface area (Å²) in [5, 5.41) is 13.0. The Morgan fingerprint density at radius 1 is 0.176 bits per heavy atom. The van der Waals surface area contributed by atoms with Gasteiger partial charge in [0.25, 0.3) is 0 Å². The van der Waals surface area contributed by atoms with E-state index in [2.05, 4.69) is 523 Å². The van der Waals surface area contributed by atoms with Gasteiger partial charge in [-0.15, -0.1) is 0 Å². The van der Waals surface area contributed by atoms with E-state index in [1.807, 2.05) is 12.1 Å². The molecule has 0 saturated heterocycles. The molecule has 638 valence electrons. The average molecular weight is 1740 g/mol. The summed E-state index contributed by atoms with van der Waals surface area (Å²) in [5.74, 6) is 0. The molecule has 3 heterocycles. The van der Waals surface area contributed by atoms with Crippen molar-refractivity contribution in [3.8, 4) is 128 Å². The van der Waals surface area contributed by atoms with Crippen molar-refractivity contribution >= 4 is 122 Å². The number of fused-ring (bicyclic) bond motifs is 10. The van der Waals surface area contributed by atoms with E-state index < -0.39 is 0 Å². The fraction of sp³-hybridized carbons (Fsp3) is 0. The van der Waals surface area contributed by atoms with Crippen molar-refractivity contribution in [3.63, 3.8) is 0 Å². The number of hydrogen-bond donors (Lipinski definition) is 1. The predicted octanol–water partition coefficient (Wildman–Crippen LogP) is 36.8. The number of furan rings is 2. The lowest BCUT2D eigenvalue weighted by molar-refractivity contribution is 0.670. The molecule has 0 aliphatic carbocycles. The Morgan fingerprint density at radius 3 is 0.993 bits per heavy atom. The smallest absolute Gasteiger partial charge is 0.143 e. The molecule has 0 radical (unpaired) electrons. The summed E-state index contributed by atoms with van der Waals surface area (Å²) in [5.41, 5.74) is 39.9. The van der Waals surface area contributed by atoms with Crippen molar-refractivity contribution in [2.24, 2.45) is 0 Å². The molecule has 0 aliphatic rings. The standard InChI is InChI=1S/C130H86N4O2/c1-3-27-86(28-4-1)93-31-21-34-99(82-93)111-40-10-16-52-123(111)133(107-79-69-92(70-80-107)110-39-9-17-53-124(110)134-125-54-18-11-41-115(125)116-42-12-19-55-126(116)134)106-75-65-88(66-76-106)95-33-23-36-101(84-95)113-45-25-48-119-120-49-26-46-114(130(120)136-129(113)119)102-60-59-97-81-96(57-58-98(97)85-102)89-63-73-104(74-64-89)132(105-77-67-91(68-78-105)109-38-8-15-51-122(109)131-121-50-14-7-37-108(121)90-29-5-2-6-30-90)103-71-61-87(62-72-103)94-32-22-35-100(83-94)112-44-24-47-118-117-43-13-20-56-127(117)135-128(112)118/h1-85,131H. The Hall–Kier alpha value is -18.1. The molecular weight excluding hydrogens is 1650 g/mol. The van der Waals surface area contributed by atoms with Crippen LogP contribution in [-0.4, -0.2) is 4.57 Å². The van der Waals surface area contributed by atoms with Gasteiger partial charge < -0.3 is 28.5 Å². The zero-order chi connectivity index (χ0) is 89.9. The number of benzene rings is 22. The molecule has 3 aromatic heterocycles. The minimum atomic E-state index is 0.858. The second kappa shape index (κ2) is 34.3. The van der Waals surface area contributed by atoms with Crippen LogP contribution in [0.3, 0.4) is 0 Å². The zero-order valence-electron chi connectivity index (χ0n) is 74.2. The lowest BCUT2D eigenvalue weighted by Gasteiger charge is -2.28. The summed E-state index contributed by atoms with van der Waals surface area (Å²) in [4.78, 5) is 4.77. The highest BCUT2D eigenvalue weighted by molar-refractivity contribution is 6.15. The maximum Gasteiger partial charge on any atom is 0.143 e. The molecule has 6 nitrogen and oxygen atoms in total. The zero-order valence-corrected chi connectivity index (χ0v) is 74.2. The van der Waals surface area contributed by atoms with E-state index in [-0.39, 0.29) is 0 Å². The fourth-order valence-electron chi connectivity index (χ4n) is 20.4. The van der Waals surface area contributed by atoms with Crippen molar-refractivity contribution in [3.05, 3.63) is 516 Å². The Bertz CT molecular complexity index is 8800. The Kier molecular flexibility index (Phi) is 20.2. The molecule has 0 bridgehead atoms. The molecule has 1 N–H and O–H groups in total. The van der Waals surface area contributed by atoms with E-state index in [4.69, 9.17) is 8.83 Å². The lowest BCUT2D eigenvalue weighted by atomic mass is 9.96. The molecule has 22 aromatic carbocycles. The largest absolute Gasteiger partial charge is 0.455 e. The maximum absolute atomic E-state index is 7.23. The van der Waals surface area contributed by atoms with Gasteiger partial charge in [0.15, 0.2) is 0 Å². The molecule has 0 saturated carbocycles. The van der Waals surface area contributed by atoms with Gasteiger partial charge in [-0.3, -0.25) is 0 Å². The van der Waals surface area contributed by atoms with E-state index in [0.29, 0.717) is 0 Å². The van der Waals surface area contributed by atoms with Gasteiger partial charge in [-0.1, -0.05) is 382 Å². The van der Waals surface area contributed by atoms with Gasteiger partial charge >= 0.3 is 0 Å². The van der Waals surface area contributed by atoms with Crippen LogP contribution in [0.4, 0.5) is 45.5 Å². The van der Waals surface area contributed by atoms with Gasteiger partial charge in [0, 0.05) is 111 Å². The summed E-state index contributed by atoms with van der Waals surface area (Å²) in [7, 11) is 0. The highest BCUT2D eigenvalue weighted by Gasteiger charge is 2.25. The molecular formula is C130H86N4O2. The summed E-state index contributed by atoms with van der Waals surface area (Å²) in [6.45, 7) is 0. The highest BCUT2D eigenvalue weighted by atomic mass is 16.3. The van der Waals surface area contributed by atoms with Crippen LogP contribution in [0.25, 0.3) is 205 Å². The molecule has 136 heavy (non-hydrogen) atoms. The number of hydrogen-bond acceptors (Lipinski definition) is 5. The van der Waals surface area contributed by atoms with Gasteiger partial charge in [-0.05, 0) is 228 Å². The van der Waals surface area contributed by atoms with Crippen molar-refractivity contribution in [1.29, 1.82) is 0 Å². The number of anilines is 8. The van der Waals surface area contributed by atoms with E-state index in [9.17, 15) is 0 Å². The number of para-hydroxylation sites is 10. The molecule has 25 aromatic rings. The molecule has 0 spiro atoms. The number of aromatic nitrogens is 1. The average Bonchev–Trinajstić information content (AvgIpc) is 1.59. The number of nitrogens with one attached hydrogen (secondary N) is 1. The van der Waals surface area contributed by atoms with Crippen LogP contribution in [0.2, 0.25) is 0 Å². The van der Waals surface area contributed by atoms with Crippen molar-refractivity contribution in [2.45, 2.75) is 0 Å². The van der Waals surface area contributed by atoms with Crippen LogP contribution in [0.15, 0.2) is 524 Å². The second-order valence-electron chi connectivity index (χ2n) is 35.0. The van der Waals surface area contributed by atoms with Crippen LogP contribution in [0.1, 0.15) is 0 Å². The SMILES string of the molecule is c1ccc(-c2cccc(-c3ccccc3N(c3ccc(-c4cccc(-c5cccc6c5oc5c(-c7ccc8cc(-c9ccc(N(c%10ccc(-c%11cccc(-c%12cccc%13c%12oc%12ccccc%12%13)c%11)cc%10)c%10ccc(-c%11ccccc%11Nc%11ccccc%11-c%11ccccc%11)cc%10)cc9)ccc8c7)cccc56)c4)cc3)c3ccc(-c4ccccc4-n4c5ccccc5c5ccccc54)cc3)c2)cc1. The molecule has 25 rings (SSSR count). The normalized spacial score (nSPS) is 11.5. The van der Waals surface area contributed by atoms with E-state index >= 15 is 0 Å². The van der Waals surface area contributed by atoms with Crippen molar-refractivity contribution < 1.29 is 8.83 Å². The topological polar surface area (TPSA) is 49.7 Å². The van der Waals surface area contributed by atoms with Crippen molar-refractivity contribution in [2.75, 3.05) is 15.1 Å². The Balaban J connectivity index is 0.507. The summed E-state index contributed by atoms with van der Waals surface area (Å²) in [6.07, 6.45) is 0. The Morgan fingerprint density at radius 2 is 0.478 bits per heavy atom. The van der Waals surface area contributed by atoms with E-state index in [0.717, 1.165) is 217 Å². The number of rotatable bonds is 20. The molecule has 6 heteroatoms. The molecule has 0 fully saturated rings. The monoisotopic (exact) mass is 1730 g/mol. The van der Waals surface area contributed by atoms with Crippen LogP contribution in [0.5, 0.6) is 0 Å². The minimum absolute atomic E-state index is 0.858. The maximum atomic E-state index is 7.23. The van der Waals surface area contributed by atoms with E-state index in [1.165, 1.54) is 32.9 Å². The third kappa shape index (κ3) is 14.7. The highest BCUT2D eigenvalue weighted by Crippen LogP contribution is 2.49. The van der Waals surface area contributed by atoms with Crippen LogP contribution >= 0.6 is 0 Å². The lowest BCUT2D eigenvalue weighted by Crippen LogP contribution is -2.11. The first-order chi connectivity index (χ1) is 67.4. The summed E-state index contributed by atoms with van der Waals surface area (Å²) in [6, 6.07) is 187. The molecule has 0 aliphatic heterocycles. The molecule has 0 atom stereocenters. The second-order valence-corrected chi connectivity index (χ2v) is 35.0. The van der Waals surface area contributed by atoms with Gasteiger partial charge in [0.1, 0.15) is 22.3 Å². The van der Waals surface area contributed by atoms with Crippen LogP contribution in [-0.2, 0) is 0 Å². The van der Waals surface area contributed by atoms with Gasteiger partial charge in [-0.25, -0.2) is 0 Å². The van der Waals surface area contributed by atoms with Gasteiger partial charge in [-0.2, -0.15) is 0 Å². The first-order valence-electron chi connectivity index (χ1n) is 46.5. The third-order valence-electron chi connectivity index (χ3n) is 27.0. The van der Waals surface area contributed by atoms with Crippen LogP contribution < -0.4 is 15.1 Å². The van der Waals surface area contributed by atoms with Crippen molar-refractivity contribution in [1.82, 2.24) is 4.57 Å². The first-order valence-corrected chi connectivity index (χ1v) is 46.5. The first kappa shape index (κ1) is 80.0. The van der Waals surface area contributed by atoms with Gasteiger partial charge in [0.05, 0.1) is 22.4 Å². The summed E-state index contributed by atoms with van der Waals surface area (Å²) >= 11 is 0. The molecule has 0 amide bonds. The van der Waals surface area contributed by atoms with Gasteiger partial charge in [0.2, 0.25) is 0 Å². The molecule has 0 unspecified atom stereocenters. The Labute approximate surface area is 788 Å². The predicted molar refractivity (Wildman–Crippen MR) is 572 cm³/mol. The quantitative estimate of drug-likeness (QED) is 0.0824. The fourth-order valence-corrected chi connectivity index (χ4v) is 20.4. The minimum Gasteiger partial charge on any atom is -0.455 e. The van der Waals surface area contributed by atoms with E-state index in [1.54, 1.807) is 0 Å². The van der Waals surface area contributed by atoms with Crippen LogP contribution in [0, 0.1) is 0 Å². The third-order valence-corrected chi connectivity index (χ3v) is 27.0.